The second kappa shape index (κ2) is 7.26. The maximum Gasteiger partial charge on any atom is 0.329 e. The van der Waals surface area contributed by atoms with Crippen LogP contribution in [0.4, 0.5) is 5.95 Å². The highest BCUT2D eigenvalue weighted by atomic mass is 16.5. The van der Waals surface area contributed by atoms with Gasteiger partial charge in [0.1, 0.15) is 0 Å². The summed E-state index contributed by atoms with van der Waals surface area (Å²) in [5, 5.41) is 3.16. The van der Waals surface area contributed by atoms with Gasteiger partial charge in [0.2, 0.25) is 5.95 Å². The summed E-state index contributed by atoms with van der Waals surface area (Å²) in [5.74, 6) is 0.592. The van der Waals surface area contributed by atoms with Crippen LogP contribution in [0.5, 0.6) is 0 Å². The summed E-state index contributed by atoms with van der Waals surface area (Å²) in [4.78, 5) is 30.6. The van der Waals surface area contributed by atoms with Crippen LogP contribution in [0.25, 0.3) is 11.2 Å². The Kier molecular flexibility index (Phi) is 5.37. The summed E-state index contributed by atoms with van der Waals surface area (Å²) in [6.45, 7) is 3.92. The zero-order chi connectivity index (χ0) is 16.1. The summed E-state index contributed by atoms with van der Waals surface area (Å²) < 4.78 is 8.22. The number of aromatic amines is 1. The van der Waals surface area contributed by atoms with E-state index < -0.39 is 11.2 Å². The van der Waals surface area contributed by atoms with E-state index in [1.807, 2.05) is 4.57 Å². The first-order valence-electron chi connectivity index (χ1n) is 7.52. The van der Waals surface area contributed by atoms with Crippen molar-refractivity contribution in [3.8, 4) is 0 Å². The topological polar surface area (TPSA) is 93.9 Å². The minimum atomic E-state index is -0.459. The Morgan fingerprint density at radius 3 is 2.77 bits per heavy atom. The molecule has 0 radical (unpaired) electrons. The lowest BCUT2D eigenvalue weighted by atomic mass is 10.2. The first kappa shape index (κ1) is 16.3. The number of unbranched alkanes of at least 4 members (excludes halogenated alkanes) is 2. The number of hydrogen-bond donors (Lipinski definition) is 2. The second-order valence-electron chi connectivity index (χ2n) is 5.20. The SMILES string of the molecule is CCCCCn1c(NCCOC)nc2c1c(=O)[nH]c(=O)n2C. The normalized spacial score (nSPS) is 11.2. The van der Waals surface area contributed by atoms with Crippen LogP contribution in [0.3, 0.4) is 0 Å². The molecule has 0 aliphatic carbocycles. The van der Waals surface area contributed by atoms with Gasteiger partial charge in [-0.2, -0.15) is 4.98 Å². The molecule has 0 amide bonds. The number of fused-ring (bicyclic) bond motifs is 1. The van der Waals surface area contributed by atoms with Gasteiger partial charge in [0.15, 0.2) is 11.2 Å². The Hall–Kier alpha value is -2.09. The van der Waals surface area contributed by atoms with Gasteiger partial charge in [0.25, 0.3) is 5.56 Å². The molecule has 0 bridgehead atoms. The Balaban J connectivity index is 2.49. The van der Waals surface area contributed by atoms with E-state index in [2.05, 4.69) is 22.2 Å². The van der Waals surface area contributed by atoms with Crippen molar-refractivity contribution in [1.82, 2.24) is 19.1 Å². The number of rotatable bonds is 8. The third-order valence-corrected chi connectivity index (χ3v) is 3.58. The predicted octanol–water partition coefficient (Wildman–Crippen LogP) is 0.672. The van der Waals surface area contributed by atoms with Gasteiger partial charge in [-0.05, 0) is 6.42 Å². The van der Waals surface area contributed by atoms with Crippen molar-refractivity contribution in [1.29, 1.82) is 0 Å². The molecule has 0 atom stereocenters. The van der Waals surface area contributed by atoms with E-state index in [4.69, 9.17) is 4.74 Å². The average Bonchev–Trinajstić information content (AvgIpc) is 2.85. The van der Waals surface area contributed by atoms with Crippen molar-refractivity contribution in [2.75, 3.05) is 25.6 Å². The third kappa shape index (κ3) is 3.22. The van der Waals surface area contributed by atoms with Gasteiger partial charge < -0.3 is 14.6 Å². The Bertz CT molecular complexity index is 743. The van der Waals surface area contributed by atoms with E-state index in [9.17, 15) is 9.59 Å². The molecule has 22 heavy (non-hydrogen) atoms. The van der Waals surface area contributed by atoms with Gasteiger partial charge in [-0.3, -0.25) is 14.3 Å². The fraction of sp³-hybridized carbons (Fsp3) is 0.643. The molecule has 2 heterocycles. The molecule has 2 aromatic rings. The molecular formula is C14H23N5O3. The first-order chi connectivity index (χ1) is 10.6. The number of hydrogen-bond acceptors (Lipinski definition) is 5. The molecule has 122 valence electrons. The Morgan fingerprint density at radius 1 is 1.32 bits per heavy atom. The Morgan fingerprint density at radius 2 is 2.09 bits per heavy atom. The number of nitrogens with zero attached hydrogens (tertiary/aromatic N) is 3. The van der Waals surface area contributed by atoms with Crippen molar-refractivity contribution in [2.45, 2.75) is 32.7 Å². The fourth-order valence-electron chi connectivity index (χ4n) is 2.37. The minimum Gasteiger partial charge on any atom is -0.383 e. The summed E-state index contributed by atoms with van der Waals surface area (Å²) in [6.07, 6.45) is 3.11. The molecule has 8 nitrogen and oxygen atoms in total. The van der Waals surface area contributed by atoms with Gasteiger partial charge in [0.05, 0.1) is 6.61 Å². The van der Waals surface area contributed by atoms with Crippen molar-refractivity contribution < 1.29 is 4.74 Å². The van der Waals surface area contributed by atoms with Crippen LogP contribution in [0, 0.1) is 0 Å². The average molecular weight is 309 g/mol. The quantitative estimate of drug-likeness (QED) is 0.699. The molecule has 0 aliphatic heterocycles. The summed E-state index contributed by atoms with van der Waals surface area (Å²) >= 11 is 0. The van der Waals surface area contributed by atoms with Crippen molar-refractivity contribution >= 4 is 17.1 Å². The third-order valence-electron chi connectivity index (χ3n) is 3.58. The van der Waals surface area contributed by atoms with E-state index in [1.54, 1.807) is 14.2 Å². The minimum absolute atomic E-state index is 0.394. The molecule has 2 rings (SSSR count). The molecule has 0 fully saturated rings. The summed E-state index contributed by atoms with van der Waals surface area (Å²) in [5.41, 5.74) is -0.0377. The lowest BCUT2D eigenvalue weighted by Crippen LogP contribution is -2.29. The number of imidazole rings is 1. The standard InChI is InChI=1S/C14H23N5O3/c1-4-5-6-8-19-10-11(16-13(19)15-7-9-22-3)18(2)14(21)17-12(10)20/h4-9H2,1-3H3,(H,15,16)(H,17,20,21). The molecule has 0 spiro atoms. The zero-order valence-corrected chi connectivity index (χ0v) is 13.3. The van der Waals surface area contributed by atoms with E-state index in [1.165, 1.54) is 4.57 Å². The summed E-state index contributed by atoms with van der Waals surface area (Å²) in [7, 11) is 3.23. The van der Waals surface area contributed by atoms with Crippen LogP contribution >= 0.6 is 0 Å². The lowest BCUT2D eigenvalue weighted by molar-refractivity contribution is 0.210. The van der Waals surface area contributed by atoms with Gasteiger partial charge in [-0.1, -0.05) is 19.8 Å². The highest BCUT2D eigenvalue weighted by molar-refractivity contribution is 5.74. The van der Waals surface area contributed by atoms with Crippen LogP contribution in [-0.2, 0) is 18.3 Å². The molecule has 2 aromatic heterocycles. The first-order valence-corrected chi connectivity index (χ1v) is 7.52. The maximum atomic E-state index is 12.2. The second-order valence-corrected chi connectivity index (χ2v) is 5.20. The fourth-order valence-corrected chi connectivity index (χ4v) is 2.37. The lowest BCUT2D eigenvalue weighted by Gasteiger charge is -2.09. The van der Waals surface area contributed by atoms with Gasteiger partial charge >= 0.3 is 5.69 Å². The zero-order valence-electron chi connectivity index (χ0n) is 13.3. The van der Waals surface area contributed by atoms with Crippen LogP contribution < -0.4 is 16.6 Å². The molecule has 0 saturated heterocycles. The van der Waals surface area contributed by atoms with E-state index in [-0.39, 0.29) is 0 Å². The van der Waals surface area contributed by atoms with Crippen molar-refractivity contribution in [3.63, 3.8) is 0 Å². The maximum absolute atomic E-state index is 12.2. The number of nitrogens with one attached hydrogen (secondary N) is 2. The van der Waals surface area contributed by atoms with Gasteiger partial charge in [-0.15, -0.1) is 0 Å². The highest BCUT2D eigenvalue weighted by Crippen LogP contribution is 2.16. The monoisotopic (exact) mass is 309 g/mol. The highest BCUT2D eigenvalue weighted by Gasteiger charge is 2.16. The van der Waals surface area contributed by atoms with Crippen molar-refractivity contribution in [3.05, 3.63) is 20.8 Å². The summed E-state index contributed by atoms with van der Waals surface area (Å²) in [6, 6.07) is 0. The van der Waals surface area contributed by atoms with Crippen LogP contribution in [0.1, 0.15) is 26.2 Å². The predicted molar refractivity (Wildman–Crippen MR) is 85.5 cm³/mol. The largest absolute Gasteiger partial charge is 0.383 e. The number of H-pyrrole nitrogens is 1. The smallest absolute Gasteiger partial charge is 0.329 e. The number of anilines is 1. The molecule has 0 aromatic carbocycles. The molecule has 0 saturated carbocycles. The molecule has 0 unspecified atom stereocenters. The van der Waals surface area contributed by atoms with Crippen LogP contribution in [0.15, 0.2) is 9.59 Å². The number of aromatic nitrogens is 4. The van der Waals surface area contributed by atoms with E-state index in [0.717, 1.165) is 19.3 Å². The molecule has 8 heteroatoms. The Labute approximate surface area is 128 Å². The van der Waals surface area contributed by atoms with Crippen LogP contribution in [-0.4, -0.2) is 39.4 Å². The van der Waals surface area contributed by atoms with Gasteiger partial charge in [0, 0.05) is 27.2 Å². The van der Waals surface area contributed by atoms with E-state index >= 15 is 0 Å². The number of methoxy groups -OCH3 is 1. The molecule has 0 aliphatic rings. The number of ether oxygens (including phenoxy) is 1. The molecule has 2 N–H and O–H groups in total. The van der Waals surface area contributed by atoms with Crippen LogP contribution in [0.2, 0.25) is 0 Å². The van der Waals surface area contributed by atoms with Crippen molar-refractivity contribution in [2.24, 2.45) is 7.05 Å². The van der Waals surface area contributed by atoms with E-state index in [0.29, 0.717) is 36.8 Å². The number of aryl methyl sites for hydroxylation is 2. The van der Waals surface area contributed by atoms with Gasteiger partial charge in [-0.25, -0.2) is 4.79 Å². The molecular weight excluding hydrogens is 286 g/mol.